The lowest BCUT2D eigenvalue weighted by molar-refractivity contribution is -0.192. The van der Waals surface area contributed by atoms with Crippen molar-refractivity contribution in [1.82, 2.24) is 15.1 Å². The largest absolute Gasteiger partial charge is 0.490 e. The number of nitrogens with one attached hydrogen (secondary N) is 1. The number of likely N-dealkylation sites (tertiary alicyclic amines) is 1. The number of hydrogen-bond donors (Lipinski definition) is 2. The molecule has 0 aromatic heterocycles. The van der Waals surface area contributed by atoms with E-state index in [9.17, 15) is 22.4 Å². The molecule has 11 heteroatoms. The fourth-order valence-corrected chi connectivity index (χ4v) is 3.48. The molecular weight excluding hydrogens is 410 g/mol. The second-order valence-electron chi connectivity index (χ2n) is 7.35. The van der Waals surface area contributed by atoms with Crippen LogP contribution in [0.1, 0.15) is 18.4 Å². The second kappa shape index (κ2) is 10.1. The van der Waals surface area contributed by atoms with Gasteiger partial charge in [-0.25, -0.2) is 14.0 Å². The van der Waals surface area contributed by atoms with Gasteiger partial charge in [-0.05, 0) is 30.5 Å². The molecule has 2 N–H and O–H groups in total. The zero-order chi connectivity index (χ0) is 22.5. The van der Waals surface area contributed by atoms with E-state index in [0.717, 1.165) is 38.1 Å². The molecule has 3 rings (SSSR count). The summed E-state index contributed by atoms with van der Waals surface area (Å²) >= 11 is 0. The molecule has 3 atom stereocenters. The first-order valence-corrected chi connectivity index (χ1v) is 9.37. The number of halogens is 4. The molecule has 0 radical (unpaired) electrons. The van der Waals surface area contributed by atoms with Crippen molar-refractivity contribution in [3.63, 3.8) is 0 Å². The summed E-state index contributed by atoms with van der Waals surface area (Å²) in [6, 6.07) is 6.83. The number of carbonyl (C=O) groups is 2. The van der Waals surface area contributed by atoms with Gasteiger partial charge in [0.15, 0.2) is 0 Å². The number of carboxylic acid groups (broad SMARTS) is 1. The Kier molecular flexibility index (Phi) is 8.02. The molecule has 168 valence electrons. The van der Waals surface area contributed by atoms with Crippen LogP contribution in [0.5, 0.6) is 0 Å². The summed E-state index contributed by atoms with van der Waals surface area (Å²) in [5.41, 5.74) is 1.08. The third kappa shape index (κ3) is 6.56. The van der Waals surface area contributed by atoms with Crippen LogP contribution in [-0.4, -0.2) is 78.5 Å². The van der Waals surface area contributed by atoms with Gasteiger partial charge in [0.1, 0.15) is 5.82 Å². The number of rotatable bonds is 3. The van der Waals surface area contributed by atoms with Crippen molar-refractivity contribution in [1.29, 1.82) is 0 Å². The maximum absolute atomic E-state index is 13.1. The molecule has 2 amide bonds. The van der Waals surface area contributed by atoms with Gasteiger partial charge in [0.05, 0.1) is 12.1 Å². The molecule has 0 bridgehead atoms. The number of ether oxygens (including phenoxy) is 1. The maximum Gasteiger partial charge on any atom is 0.490 e. The minimum atomic E-state index is -5.08. The molecule has 30 heavy (non-hydrogen) atoms. The summed E-state index contributed by atoms with van der Waals surface area (Å²) < 4.78 is 50.7. The Labute approximate surface area is 171 Å². The van der Waals surface area contributed by atoms with E-state index in [1.165, 1.54) is 12.1 Å². The highest BCUT2D eigenvalue weighted by atomic mass is 19.4. The van der Waals surface area contributed by atoms with E-state index in [-0.39, 0.29) is 24.0 Å². The van der Waals surface area contributed by atoms with Crippen LogP contribution in [0.2, 0.25) is 0 Å². The zero-order valence-corrected chi connectivity index (χ0v) is 16.7. The van der Waals surface area contributed by atoms with E-state index in [4.69, 9.17) is 14.6 Å². The van der Waals surface area contributed by atoms with Gasteiger partial charge in [-0.3, -0.25) is 4.90 Å². The zero-order valence-electron chi connectivity index (χ0n) is 16.7. The molecule has 2 fully saturated rings. The van der Waals surface area contributed by atoms with Crippen molar-refractivity contribution < 1.29 is 37.0 Å². The summed E-state index contributed by atoms with van der Waals surface area (Å²) in [6.07, 6.45) is -2.94. The number of carboxylic acids is 1. The monoisotopic (exact) mass is 435 g/mol. The summed E-state index contributed by atoms with van der Waals surface area (Å²) in [6.45, 7) is 2.26. The van der Waals surface area contributed by atoms with Crippen molar-refractivity contribution in [3.8, 4) is 0 Å². The van der Waals surface area contributed by atoms with Crippen LogP contribution in [0.25, 0.3) is 0 Å². The van der Waals surface area contributed by atoms with Crippen LogP contribution in [0.3, 0.4) is 0 Å². The van der Waals surface area contributed by atoms with E-state index >= 15 is 0 Å². The normalized spacial score (nSPS) is 23.7. The Morgan fingerprint density at radius 3 is 2.40 bits per heavy atom. The molecule has 0 unspecified atom stereocenters. The number of fused-ring (bicyclic) bond motifs is 1. The van der Waals surface area contributed by atoms with Gasteiger partial charge in [-0.15, -0.1) is 0 Å². The number of nitrogens with zero attached hydrogens (tertiary/aromatic N) is 2. The minimum Gasteiger partial charge on any atom is -0.475 e. The predicted octanol–water partition coefficient (Wildman–Crippen LogP) is 2.46. The Hall–Kier alpha value is -2.40. The first-order chi connectivity index (χ1) is 14.0. The molecule has 1 aromatic rings. The quantitative estimate of drug-likeness (QED) is 0.713. The number of urea groups is 1. The fourth-order valence-electron chi connectivity index (χ4n) is 3.48. The first kappa shape index (κ1) is 23.9. The molecule has 7 nitrogen and oxygen atoms in total. The lowest BCUT2D eigenvalue weighted by Crippen LogP contribution is -2.50. The minimum absolute atomic E-state index is 0.00403. The molecule has 2 saturated heterocycles. The van der Waals surface area contributed by atoms with Gasteiger partial charge in [0, 0.05) is 39.8 Å². The topological polar surface area (TPSA) is 82.1 Å². The molecular formula is C19H25F4N3O4. The third-order valence-corrected chi connectivity index (χ3v) is 4.89. The summed E-state index contributed by atoms with van der Waals surface area (Å²) in [7, 11) is 3.47. The summed E-state index contributed by atoms with van der Waals surface area (Å²) in [5.74, 6) is -2.97. The Morgan fingerprint density at radius 2 is 1.87 bits per heavy atom. The standard InChI is InChI=1S/C17H24FN3O2.C2HF3O2/c1-20(2)17(22)19-14-11-21(15-4-3-9-23-16(14)15)10-12-5-7-13(18)8-6-12;3-2(4,5)1(6)7/h5-8,14-16H,3-4,9-11H2,1-2H3,(H,19,22);(H,6,7)/t14-,15+,16+;/m0./s1. The fraction of sp³-hybridized carbons (Fsp3) is 0.579. The van der Waals surface area contributed by atoms with Crippen LogP contribution >= 0.6 is 0 Å². The van der Waals surface area contributed by atoms with E-state index in [2.05, 4.69) is 10.2 Å². The lowest BCUT2D eigenvalue weighted by Gasteiger charge is -2.32. The molecule has 2 aliphatic rings. The molecule has 1 aromatic carbocycles. The van der Waals surface area contributed by atoms with Gasteiger partial charge >= 0.3 is 18.2 Å². The average molecular weight is 435 g/mol. The third-order valence-electron chi connectivity index (χ3n) is 4.89. The van der Waals surface area contributed by atoms with Crippen LogP contribution in [0.4, 0.5) is 22.4 Å². The van der Waals surface area contributed by atoms with Crippen molar-refractivity contribution in [2.45, 2.75) is 43.8 Å². The van der Waals surface area contributed by atoms with E-state index in [1.54, 1.807) is 19.0 Å². The van der Waals surface area contributed by atoms with Gasteiger partial charge in [-0.2, -0.15) is 13.2 Å². The van der Waals surface area contributed by atoms with Crippen LogP contribution in [0, 0.1) is 5.82 Å². The van der Waals surface area contributed by atoms with Crippen LogP contribution < -0.4 is 5.32 Å². The van der Waals surface area contributed by atoms with Gasteiger partial charge < -0.3 is 20.1 Å². The maximum atomic E-state index is 13.1. The molecule has 0 aliphatic carbocycles. The predicted molar refractivity (Wildman–Crippen MR) is 99.3 cm³/mol. The highest BCUT2D eigenvalue weighted by Gasteiger charge is 2.44. The molecule has 0 spiro atoms. The van der Waals surface area contributed by atoms with Crippen molar-refractivity contribution in [2.75, 3.05) is 27.2 Å². The van der Waals surface area contributed by atoms with Crippen LogP contribution in [-0.2, 0) is 16.1 Å². The number of aliphatic carboxylic acids is 1. The first-order valence-electron chi connectivity index (χ1n) is 9.37. The highest BCUT2D eigenvalue weighted by molar-refractivity contribution is 5.74. The van der Waals surface area contributed by atoms with Gasteiger partial charge in [-0.1, -0.05) is 12.1 Å². The average Bonchev–Trinajstić information content (AvgIpc) is 3.01. The summed E-state index contributed by atoms with van der Waals surface area (Å²) in [4.78, 5) is 24.8. The Bertz CT molecular complexity index is 727. The number of carbonyl (C=O) groups excluding carboxylic acids is 1. The van der Waals surface area contributed by atoms with Gasteiger partial charge in [0.25, 0.3) is 0 Å². The molecule has 2 heterocycles. The van der Waals surface area contributed by atoms with Crippen molar-refractivity contribution >= 4 is 12.0 Å². The van der Waals surface area contributed by atoms with Crippen molar-refractivity contribution in [2.24, 2.45) is 0 Å². The Balaban J connectivity index is 0.000000396. The SMILES string of the molecule is CN(C)C(=O)N[C@H]1CN(Cc2ccc(F)cc2)[C@@H]2CCCO[C@H]12.O=C(O)C(F)(F)F. The Morgan fingerprint density at radius 1 is 1.27 bits per heavy atom. The second-order valence-corrected chi connectivity index (χ2v) is 7.35. The van der Waals surface area contributed by atoms with Crippen LogP contribution in [0.15, 0.2) is 24.3 Å². The molecule has 2 aliphatic heterocycles. The summed E-state index contributed by atoms with van der Waals surface area (Å²) in [5, 5.41) is 10.2. The van der Waals surface area contributed by atoms with E-state index in [1.807, 2.05) is 12.1 Å². The van der Waals surface area contributed by atoms with Crippen molar-refractivity contribution in [3.05, 3.63) is 35.6 Å². The highest BCUT2D eigenvalue weighted by Crippen LogP contribution is 2.30. The lowest BCUT2D eigenvalue weighted by atomic mass is 10.0. The van der Waals surface area contributed by atoms with Gasteiger partial charge in [0.2, 0.25) is 0 Å². The number of hydrogen-bond acceptors (Lipinski definition) is 4. The van der Waals surface area contributed by atoms with E-state index in [0.29, 0.717) is 6.04 Å². The number of benzene rings is 1. The van der Waals surface area contributed by atoms with E-state index < -0.39 is 12.1 Å². The molecule has 0 saturated carbocycles. The number of amides is 2. The smallest absolute Gasteiger partial charge is 0.475 e. The number of alkyl halides is 3.